The van der Waals surface area contributed by atoms with Crippen LogP contribution in [0.5, 0.6) is 0 Å². The van der Waals surface area contributed by atoms with E-state index in [-0.39, 0.29) is 5.63 Å². The maximum atomic E-state index is 12.3. The predicted octanol–water partition coefficient (Wildman–Crippen LogP) is 5.06. The Morgan fingerprint density at radius 2 is 1.83 bits per heavy atom. The van der Waals surface area contributed by atoms with Gasteiger partial charge in [0.25, 0.3) is 0 Å². The summed E-state index contributed by atoms with van der Waals surface area (Å²) in [6.07, 6.45) is 3.57. The SMILES string of the molecule is CCCCCNc1ccc2cc(-c3ccccc3)c(=O)oc2c1. The highest BCUT2D eigenvalue weighted by Crippen LogP contribution is 2.23. The summed E-state index contributed by atoms with van der Waals surface area (Å²) in [4.78, 5) is 12.3. The van der Waals surface area contributed by atoms with Crippen LogP contribution in [0.3, 0.4) is 0 Å². The summed E-state index contributed by atoms with van der Waals surface area (Å²) in [5, 5.41) is 4.31. The maximum Gasteiger partial charge on any atom is 0.344 e. The van der Waals surface area contributed by atoms with E-state index in [0.717, 1.165) is 29.6 Å². The number of nitrogens with one attached hydrogen (secondary N) is 1. The molecule has 2 aromatic carbocycles. The summed E-state index contributed by atoms with van der Waals surface area (Å²) in [6, 6.07) is 17.4. The van der Waals surface area contributed by atoms with Crippen LogP contribution in [0.4, 0.5) is 5.69 Å². The van der Waals surface area contributed by atoms with E-state index in [9.17, 15) is 4.79 Å². The highest BCUT2D eigenvalue weighted by molar-refractivity contribution is 5.84. The Kier molecular flexibility index (Phi) is 4.77. The van der Waals surface area contributed by atoms with Crippen molar-refractivity contribution >= 4 is 16.7 Å². The Bertz CT molecular complexity index is 837. The first-order valence-electron chi connectivity index (χ1n) is 8.15. The number of hydrogen-bond donors (Lipinski definition) is 1. The lowest BCUT2D eigenvalue weighted by molar-refractivity contribution is 0.563. The van der Waals surface area contributed by atoms with Crippen LogP contribution >= 0.6 is 0 Å². The van der Waals surface area contributed by atoms with Gasteiger partial charge in [0.1, 0.15) is 5.58 Å². The molecule has 118 valence electrons. The molecule has 0 saturated heterocycles. The van der Waals surface area contributed by atoms with Crippen molar-refractivity contribution in [3.05, 3.63) is 65.0 Å². The standard InChI is InChI=1S/C20H21NO2/c1-2-3-7-12-21-17-11-10-16-13-18(15-8-5-4-6-9-15)20(22)23-19(16)14-17/h4-6,8-11,13-14,21H,2-3,7,12H2,1H3. The minimum absolute atomic E-state index is 0.299. The van der Waals surface area contributed by atoms with E-state index < -0.39 is 0 Å². The quantitative estimate of drug-likeness (QED) is 0.511. The van der Waals surface area contributed by atoms with Crippen LogP contribution in [0.2, 0.25) is 0 Å². The monoisotopic (exact) mass is 307 g/mol. The Hall–Kier alpha value is -2.55. The third-order valence-electron chi connectivity index (χ3n) is 3.93. The van der Waals surface area contributed by atoms with Gasteiger partial charge in [-0.25, -0.2) is 4.79 Å². The molecular formula is C20H21NO2. The summed E-state index contributed by atoms with van der Waals surface area (Å²) >= 11 is 0. The molecule has 0 radical (unpaired) electrons. The van der Waals surface area contributed by atoms with E-state index in [0.29, 0.717) is 11.1 Å². The van der Waals surface area contributed by atoms with Crippen molar-refractivity contribution in [1.82, 2.24) is 0 Å². The van der Waals surface area contributed by atoms with Crippen LogP contribution < -0.4 is 10.9 Å². The van der Waals surface area contributed by atoms with Gasteiger partial charge in [-0.05, 0) is 30.2 Å². The number of anilines is 1. The largest absolute Gasteiger partial charge is 0.422 e. The first-order chi connectivity index (χ1) is 11.3. The second-order valence-electron chi connectivity index (χ2n) is 5.70. The number of rotatable bonds is 6. The lowest BCUT2D eigenvalue weighted by atomic mass is 10.1. The zero-order valence-electron chi connectivity index (χ0n) is 13.3. The minimum Gasteiger partial charge on any atom is -0.422 e. The Morgan fingerprint density at radius 3 is 2.61 bits per heavy atom. The molecule has 0 unspecified atom stereocenters. The van der Waals surface area contributed by atoms with Crippen molar-refractivity contribution in [2.24, 2.45) is 0 Å². The number of benzene rings is 2. The first-order valence-corrected chi connectivity index (χ1v) is 8.15. The molecule has 1 N–H and O–H groups in total. The molecule has 0 amide bonds. The van der Waals surface area contributed by atoms with Crippen molar-refractivity contribution in [3.63, 3.8) is 0 Å². The number of hydrogen-bond acceptors (Lipinski definition) is 3. The van der Waals surface area contributed by atoms with E-state index in [1.165, 1.54) is 12.8 Å². The van der Waals surface area contributed by atoms with Crippen molar-refractivity contribution in [1.29, 1.82) is 0 Å². The van der Waals surface area contributed by atoms with Crippen LogP contribution in [0.1, 0.15) is 26.2 Å². The molecule has 0 atom stereocenters. The average Bonchev–Trinajstić information content (AvgIpc) is 2.59. The molecule has 0 saturated carbocycles. The predicted molar refractivity (Wildman–Crippen MR) is 95.9 cm³/mol. The van der Waals surface area contributed by atoms with Gasteiger partial charge in [0.2, 0.25) is 0 Å². The van der Waals surface area contributed by atoms with Crippen molar-refractivity contribution in [2.45, 2.75) is 26.2 Å². The Labute approximate surface area is 136 Å². The summed E-state index contributed by atoms with van der Waals surface area (Å²) in [7, 11) is 0. The van der Waals surface area contributed by atoms with Gasteiger partial charge in [0, 0.05) is 23.7 Å². The molecule has 3 nitrogen and oxygen atoms in total. The molecule has 0 bridgehead atoms. The second kappa shape index (κ2) is 7.14. The van der Waals surface area contributed by atoms with E-state index in [4.69, 9.17) is 4.42 Å². The molecule has 3 heteroatoms. The van der Waals surface area contributed by atoms with E-state index in [1.54, 1.807) is 0 Å². The Morgan fingerprint density at radius 1 is 1.00 bits per heavy atom. The van der Waals surface area contributed by atoms with Crippen molar-refractivity contribution in [3.8, 4) is 11.1 Å². The molecule has 23 heavy (non-hydrogen) atoms. The Balaban J connectivity index is 1.89. The highest BCUT2D eigenvalue weighted by Gasteiger charge is 2.08. The molecular weight excluding hydrogens is 286 g/mol. The molecule has 0 fully saturated rings. The summed E-state index contributed by atoms with van der Waals surface area (Å²) < 4.78 is 5.52. The zero-order chi connectivity index (χ0) is 16.1. The lowest BCUT2D eigenvalue weighted by Gasteiger charge is -2.07. The normalized spacial score (nSPS) is 10.8. The van der Waals surface area contributed by atoms with Crippen LogP contribution in [-0.4, -0.2) is 6.54 Å². The van der Waals surface area contributed by atoms with E-state index in [1.807, 2.05) is 54.6 Å². The molecule has 3 rings (SSSR count). The lowest BCUT2D eigenvalue weighted by Crippen LogP contribution is -2.04. The van der Waals surface area contributed by atoms with Gasteiger partial charge in [-0.1, -0.05) is 50.1 Å². The average molecular weight is 307 g/mol. The molecule has 0 aliphatic carbocycles. The van der Waals surface area contributed by atoms with Crippen LogP contribution in [0.15, 0.2) is 63.8 Å². The highest BCUT2D eigenvalue weighted by atomic mass is 16.4. The molecule has 0 aliphatic heterocycles. The molecule has 1 heterocycles. The van der Waals surface area contributed by atoms with E-state index in [2.05, 4.69) is 12.2 Å². The van der Waals surface area contributed by atoms with Crippen LogP contribution in [0.25, 0.3) is 22.1 Å². The summed E-state index contributed by atoms with van der Waals surface area (Å²) in [5.41, 5.74) is 2.79. The fraction of sp³-hybridized carbons (Fsp3) is 0.250. The minimum atomic E-state index is -0.299. The van der Waals surface area contributed by atoms with Crippen molar-refractivity contribution < 1.29 is 4.42 Å². The van der Waals surface area contributed by atoms with Gasteiger partial charge < -0.3 is 9.73 Å². The van der Waals surface area contributed by atoms with Crippen molar-refractivity contribution in [2.75, 3.05) is 11.9 Å². The van der Waals surface area contributed by atoms with Gasteiger partial charge in [0.15, 0.2) is 0 Å². The first kappa shape index (κ1) is 15.3. The van der Waals surface area contributed by atoms with Crippen LogP contribution in [-0.2, 0) is 0 Å². The summed E-state index contributed by atoms with van der Waals surface area (Å²) in [6.45, 7) is 3.13. The number of fused-ring (bicyclic) bond motifs is 1. The van der Waals surface area contributed by atoms with E-state index >= 15 is 0 Å². The van der Waals surface area contributed by atoms with Gasteiger partial charge in [0.05, 0.1) is 5.56 Å². The zero-order valence-corrected chi connectivity index (χ0v) is 13.3. The van der Waals surface area contributed by atoms with Crippen LogP contribution in [0, 0.1) is 0 Å². The summed E-state index contributed by atoms with van der Waals surface area (Å²) in [5.74, 6) is 0. The van der Waals surface area contributed by atoms with Gasteiger partial charge in [-0.2, -0.15) is 0 Å². The molecule has 0 spiro atoms. The molecule has 0 aliphatic rings. The molecule has 3 aromatic rings. The topological polar surface area (TPSA) is 42.2 Å². The molecule has 1 aromatic heterocycles. The number of unbranched alkanes of at least 4 members (excludes halogenated alkanes) is 2. The van der Waals surface area contributed by atoms with Gasteiger partial charge >= 0.3 is 5.63 Å². The second-order valence-corrected chi connectivity index (χ2v) is 5.70. The maximum absolute atomic E-state index is 12.3. The van der Waals surface area contributed by atoms with Gasteiger partial charge in [-0.3, -0.25) is 0 Å². The fourth-order valence-electron chi connectivity index (χ4n) is 2.65. The third-order valence-corrected chi connectivity index (χ3v) is 3.93. The fourth-order valence-corrected chi connectivity index (χ4v) is 2.65. The van der Waals surface area contributed by atoms with Gasteiger partial charge in [-0.15, -0.1) is 0 Å². The third kappa shape index (κ3) is 3.62. The smallest absolute Gasteiger partial charge is 0.344 e.